The van der Waals surface area contributed by atoms with Gasteiger partial charge in [-0.1, -0.05) is 11.6 Å². The topological polar surface area (TPSA) is 54.7 Å². The smallest absolute Gasteiger partial charge is 0.161 e. The SMILES string of the molecule is Cc1nc(N)c(Cl)[nH]1.Cl. The maximum Gasteiger partial charge on any atom is 0.161 e. The van der Waals surface area contributed by atoms with Crippen LogP contribution in [0.25, 0.3) is 0 Å². The van der Waals surface area contributed by atoms with Gasteiger partial charge in [-0.25, -0.2) is 4.98 Å². The van der Waals surface area contributed by atoms with E-state index in [1.807, 2.05) is 0 Å². The van der Waals surface area contributed by atoms with Gasteiger partial charge in [0.05, 0.1) is 0 Å². The van der Waals surface area contributed by atoms with Crippen molar-refractivity contribution < 1.29 is 0 Å². The van der Waals surface area contributed by atoms with Gasteiger partial charge < -0.3 is 10.7 Å². The monoisotopic (exact) mass is 167 g/mol. The van der Waals surface area contributed by atoms with Crippen LogP contribution in [0.4, 0.5) is 5.82 Å². The maximum absolute atomic E-state index is 5.49. The predicted molar refractivity (Wildman–Crippen MR) is 40.0 cm³/mol. The largest absolute Gasteiger partial charge is 0.381 e. The minimum Gasteiger partial charge on any atom is -0.381 e. The molecule has 0 aliphatic heterocycles. The predicted octanol–water partition coefficient (Wildman–Crippen LogP) is 1.38. The molecule has 0 fully saturated rings. The number of aromatic nitrogens is 2. The molecule has 0 aliphatic rings. The molecule has 0 bridgehead atoms. The van der Waals surface area contributed by atoms with Crippen molar-refractivity contribution in [3.63, 3.8) is 0 Å². The number of nitrogen functional groups attached to an aromatic ring is 1. The summed E-state index contributed by atoms with van der Waals surface area (Å²) in [7, 11) is 0. The van der Waals surface area contributed by atoms with Crippen molar-refractivity contribution in [2.75, 3.05) is 5.73 Å². The van der Waals surface area contributed by atoms with Crippen LogP contribution in [0.1, 0.15) is 5.82 Å². The second-order valence-corrected chi connectivity index (χ2v) is 1.90. The number of nitrogens with one attached hydrogen (secondary N) is 1. The fraction of sp³-hybridized carbons (Fsp3) is 0.250. The highest BCUT2D eigenvalue weighted by atomic mass is 35.5. The molecule has 1 rings (SSSR count). The van der Waals surface area contributed by atoms with Gasteiger partial charge in [-0.05, 0) is 6.92 Å². The Labute approximate surface area is 64.0 Å². The summed E-state index contributed by atoms with van der Waals surface area (Å²) < 4.78 is 0. The molecule has 0 aliphatic carbocycles. The summed E-state index contributed by atoms with van der Waals surface area (Å²) in [5.41, 5.74) is 5.27. The lowest BCUT2D eigenvalue weighted by molar-refractivity contribution is 1.15. The van der Waals surface area contributed by atoms with E-state index < -0.39 is 0 Å². The normalized spacial score (nSPS) is 8.67. The molecule has 0 saturated heterocycles. The Morgan fingerprint density at radius 3 is 2.33 bits per heavy atom. The number of imidazole rings is 1. The van der Waals surface area contributed by atoms with Crippen LogP contribution in [0.3, 0.4) is 0 Å². The summed E-state index contributed by atoms with van der Waals surface area (Å²) in [5.74, 6) is 1.11. The summed E-state index contributed by atoms with van der Waals surface area (Å²) in [4.78, 5) is 6.54. The number of nitrogens with two attached hydrogens (primary N) is 1. The van der Waals surface area contributed by atoms with E-state index >= 15 is 0 Å². The highest BCUT2D eigenvalue weighted by Gasteiger charge is 1.97. The van der Waals surface area contributed by atoms with Crippen molar-refractivity contribution in [1.29, 1.82) is 0 Å². The summed E-state index contributed by atoms with van der Waals surface area (Å²) in [6, 6.07) is 0. The molecule has 0 amide bonds. The van der Waals surface area contributed by atoms with Crippen LogP contribution in [-0.2, 0) is 0 Å². The Balaban J connectivity index is 0.000000640. The Kier molecular flexibility index (Phi) is 2.81. The number of halogens is 2. The molecule has 5 heteroatoms. The van der Waals surface area contributed by atoms with Crippen LogP contribution in [0.2, 0.25) is 5.15 Å². The first-order valence-electron chi connectivity index (χ1n) is 2.17. The first kappa shape index (κ1) is 8.59. The van der Waals surface area contributed by atoms with Crippen LogP contribution in [0.5, 0.6) is 0 Å². The van der Waals surface area contributed by atoms with Crippen LogP contribution in [0.15, 0.2) is 0 Å². The molecule has 52 valence electrons. The van der Waals surface area contributed by atoms with Crippen LogP contribution < -0.4 is 5.73 Å². The minimum absolute atomic E-state index is 0. The van der Waals surface area contributed by atoms with Gasteiger partial charge in [0.15, 0.2) is 5.82 Å². The Bertz CT molecular complexity index is 176. The van der Waals surface area contributed by atoms with E-state index in [1.165, 1.54) is 0 Å². The van der Waals surface area contributed by atoms with Crippen molar-refractivity contribution in [3.8, 4) is 0 Å². The van der Waals surface area contributed by atoms with Crippen molar-refractivity contribution in [1.82, 2.24) is 9.97 Å². The Morgan fingerprint density at radius 2 is 2.22 bits per heavy atom. The first-order chi connectivity index (χ1) is 3.70. The molecular weight excluding hydrogens is 161 g/mol. The molecule has 1 aromatic heterocycles. The number of hydrogen-bond donors (Lipinski definition) is 2. The van der Waals surface area contributed by atoms with Gasteiger partial charge in [0.1, 0.15) is 11.0 Å². The van der Waals surface area contributed by atoms with Crippen molar-refractivity contribution in [2.45, 2.75) is 6.92 Å². The van der Waals surface area contributed by atoms with E-state index in [2.05, 4.69) is 9.97 Å². The highest BCUT2D eigenvalue weighted by Crippen LogP contribution is 2.12. The summed E-state index contributed by atoms with van der Waals surface area (Å²) in [6.07, 6.45) is 0. The fourth-order valence-electron chi connectivity index (χ4n) is 0.481. The standard InChI is InChI=1S/C4H6ClN3.ClH/c1-2-7-3(5)4(6)8-2;/h6H2,1H3,(H,7,8);1H. The summed E-state index contributed by atoms with van der Waals surface area (Å²) in [5, 5.41) is 0.419. The third-order valence-corrected chi connectivity index (χ3v) is 1.09. The van der Waals surface area contributed by atoms with Gasteiger partial charge in [0.25, 0.3) is 0 Å². The highest BCUT2D eigenvalue weighted by molar-refractivity contribution is 6.31. The average Bonchev–Trinajstić information content (AvgIpc) is 1.85. The number of aromatic amines is 1. The Hall–Kier alpha value is -0.410. The van der Waals surface area contributed by atoms with Gasteiger partial charge in [-0.3, -0.25) is 0 Å². The maximum atomic E-state index is 5.49. The molecule has 3 nitrogen and oxygen atoms in total. The van der Waals surface area contributed by atoms with E-state index in [9.17, 15) is 0 Å². The molecule has 1 aromatic rings. The van der Waals surface area contributed by atoms with Gasteiger partial charge in [-0.15, -0.1) is 12.4 Å². The molecule has 3 N–H and O–H groups in total. The number of anilines is 1. The lowest BCUT2D eigenvalue weighted by atomic mass is 10.8. The Morgan fingerprint density at radius 1 is 1.67 bits per heavy atom. The van der Waals surface area contributed by atoms with E-state index in [0.717, 1.165) is 5.82 Å². The third kappa shape index (κ3) is 1.77. The molecule has 0 spiro atoms. The number of nitrogens with zero attached hydrogens (tertiary/aromatic N) is 1. The second-order valence-electron chi connectivity index (χ2n) is 1.52. The molecule has 9 heavy (non-hydrogen) atoms. The van der Waals surface area contributed by atoms with Crippen LogP contribution in [-0.4, -0.2) is 9.97 Å². The quantitative estimate of drug-likeness (QED) is 0.614. The van der Waals surface area contributed by atoms with Gasteiger partial charge in [0, 0.05) is 0 Å². The zero-order chi connectivity index (χ0) is 6.15. The number of aryl methyl sites for hydroxylation is 1. The van der Waals surface area contributed by atoms with Crippen LogP contribution in [0, 0.1) is 6.92 Å². The summed E-state index contributed by atoms with van der Waals surface area (Å²) >= 11 is 5.49. The summed E-state index contributed by atoms with van der Waals surface area (Å²) in [6.45, 7) is 1.79. The van der Waals surface area contributed by atoms with E-state index in [1.54, 1.807) is 6.92 Å². The fourth-order valence-corrected chi connectivity index (χ4v) is 0.660. The van der Waals surface area contributed by atoms with Gasteiger partial charge in [-0.2, -0.15) is 0 Å². The van der Waals surface area contributed by atoms with Crippen LogP contribution >= 0.6 is 24.0 Å². The van der Waals surface area contributed by atoms with Crippen molar-refractivity contribution in [2.24, 2.45) is 0 Å². The first-order valence-corrected chi connectivity index (χ1v) is 2.55. The third-order valence-electron chi connectivity index (χ3n) is 0.804. The van der Waals surface area contributed by atoms with Crippen molar-refractivity contribution >= 4 is 29.8 Å². The van der Waals surface area contributed by atoms with E-state index in [-0.39, 0.29) is 12.4 Å². The molecule has 0 saturated carbocycles. The average molecular weight is 168 g/mol. The lowest BCUT2D eigenvalue weighted by Gasteiger charge is -1.76. The number of H-pyrrole nitrogens is 1. The molecular formula is C4H7Cl2N3. The number of hydrogen-bond acceptors (Lipinski definition) is 2. The minimum atomic E-state index is 0. The van der Waals surface area contributed by atoms with Gasteiger partial charge >= 0.3 is 0 Å². The molecule has 0 atom stereocenters. The van der Waals surface area contributed by atoms with Crippen molar-refractivity contribution in [3.05, 3.63) is 11.0 Å². The molecule has 0 unspecified atom stereocenters. The molecule has 1 heterocycles. The number of rotatable bonds is 0. The second kappa shape index (κ2) is 2.94. The molecule has 0 aromatic carbocycles. The van der Waals surface area contributed by atoms with Gasteiger partial charge in [0.2, 0.25) is 0 Å². The van der Waals surface area contributed by atoms with E-state index in [0.29, 0.717) is 11.0 Å². The van der Waals surface area contributed by atoms with E-state index in [4.69, 9.17) is 17.3 Å². The molecule has 0 radical (unpaired) electrons. The zero-order valence-corrected chi connectivity index (χ0v) is 6.38. The lowest BCUT2D eigenvalue weighted by Crippen LogP contribution is -1.83. The zero-order valence-electron chi connectivity index (χ0n) is 4.81.